The predicted molar refractivity (Wildman–Crippen MR) is 229 cm³/mol. The fourth-order valence-corrected chi connectivity index (χ4v) is 9.18. The van der Waals surface area contributed by atoms with Crippen LogP contribution >= 0.6 is 0 Å². The van der Waals surface area contributed by atoms with Crippen molar-refractivity contribution in [3.05, 3.63) is 175 Å². The summed E-state index contributed by atoms with van der Waals surface area (Å²) in [5, 5.41) is 3.71. The molecular weight excluding hydrogens is 963 g/mol. The summed E-state index contributed by atoms with van der Waals surface area (Å²) in [5.74, 6) is 6.74. The Morgan fingerprint density at radius 1 is 0.724 bits per heavy atom. The van der Waals surface area contributed by atoms with E-state index in [4.69, 9.17) is 13.5 Å². The molecule has 0 amide bonds. The third kappa shape index (κ3) is 7.39. The van der Waals surface area contributed by atoms with Crippen LogP contribution in [0.5, 0.6) is 0 Å². The second kappa shape index (κ2) is 15.9. The van der Waals surface area contributed by atoms with E-state index in [1.165, 1.54) is 22.6 Å². The molecule has 0 saturated heterocycles. The largest absolute Gasteiger partial charge is 0 e. The normalized spacial score (nSPS) is 12.5. The molecule has 287 valence electrons. The Morgan fingerprint density at radius 3 is 2.28 bits per heavy atom. The van der Waals surface area contributed by atoms with Gasteiger partial charge in [-0.2, -0.15) is 0 Å². The SMILES string of the molecule is Fc1ccccc1-c1ccc2c(n1)oc1c(-c3nc4cccc(F)c4n3-c3ccc4ccccc4c3)[c-]ccc12.[2H]C([2H])([2H])c1c[c-]c(-c2cc[c]([Ge]([CH3])([CH3])[CH3])cn2)cc1.[Ir]. The van der Waals surface area contributed by atoms with Crippen LogP contribution in [0.3, 0.4) is 0 Å². The molecule has 4 heterocycles. The number of furan rings is 1. The Morgan fingerprint density at radius 2 is 1.52 bits per heavy atom. The number of fused-ring (bicyclic) bond motifs is 5. The average Bonchev–Trinajstić information content (AvgIpc) is 3.83. The summed E-state index contributed by atoms with van der Waals surface area (Å²) in [6.07, 6.45) is 1.95. The Labute approximate surface area is 355 Å². The van der Waals surface area contributed by atoms with Crippen LogP contribution in [0.15, 0.2) is 150 Å². The summed E-state index contributed by atoms with van der Waals surface area (Å²) in [7, 11) is 0. The predicted octanol–water partition coefficient (Wildman–Crippen LogP) is 12.3. The summed E-state index contributed by atoms with van der Waals surface area (Å²) in [6.45, 7) is -2.08. The molecule has 10 aromatic rings. The van der Waals surface area contributed by atoms with Crippen LogP contribution in [0.25, 0.3) is 83.5 Å². The van der Waals surface area contributed by atoms with Crippen LogP contribution in [0, 0.1) is 30.6 Å². The molecule has 0 spiro atoms. The van der Waals surface area contributed by atoms with Gasteiger partial charge in [-0.05, 0) is 59.3 Å². The van der Waals surface area contributed by atoms with Gasteiger partial charge in [0.05, 0.1) is 28.1 Å². The number of pyridine rings is 2. The average molecular weight is 1000 g/mol. The van der Waals surface area contributed by atoms with E-state index in [1.54, 1.807) is 54.6 Å². The number of para-hydroxylation sites is 1. The molecule has 0 bridgehead atoms. The van der Waals surface area contributed by atoms with Crippen molar-refractivity contribution in [1.29, 1.82) is 0 Å². The Balaban J connectivity index is 0.000000208. The van der Waals surface area contributed by atoms with Gasteiger partial charge in [-0.15, -0.1) is 18.2 Å². The van der Waals surface area contributed by atoms with Gasteiger partial charge in [-0.25, -0.2) is 13.8 Å². The maximum absolute atomic E-state index is 15.4. The first-order chi connectivity index (χ1) is 28.8. The molecule has 1 radical (unpaired) electrons. The van der Waals surface area contributed by atoms with Gasteiger partial charge in [0.25, 0.3) is 0 Å². The quantitative estimate of drug-likeness (QED) is 0.127. The fraction of sp³-hybridized carbons (Fsp3) is 0.0816. The van der Waals surface area contributed by atoms with E-state index < -0.39 is 20.1 Å². The Hall–Kier alpha value is -5.80. The number of hydrogen-bond acceptors (Lipinski definition) is 4. The molecule has 10 rings (SSSR count). The van der Waals surface area contributed by atoms with Crippen LogP contribution < -0.4 is 4.40 Å². The summed E-state index contributed by atoms with van der Waals surface area (Å²) in [5.41, 5.74) is 5.95. The minimum atomic E-state index is -2.08. The molecule has 4 aromatic heterocycles. The third-order valence-corrected chi connectivity index (χ3v) is 14.3. The van der Waals surface area contributed by atoms with Crippen LogP contribution in [0.4, 0.5) is 8.78 Å². The van der Waals surface area contributed by atoms with Crippen molar-refractivity contribution in [3.63, 3.8) is 0 Å². The zero-order valence-electron chi connectivity index (χ0n) is 34.6. The van der Waals surface area contributed by atoms with Gasteiger partial charge in [-0.1, -0.05) is 59.5 Å². The minimum absolute atomic E-state index is 0. The first-order valence-electron chi connectivity index (χ1n) is 20.0. The number of nitrogens with zero attached hydrogens (tertiary/aromatic N) is 4. The number of hydrogen-bond donors (Lipinski definition) is 0. The second-order valence-corrected chi connectivity index (χ2v) is 25.5. The van der Waals surface area contributed by atoms with Gasteiger partial charge < -0.3 is 8.98 Å². The van der Waals surface area contributed by atoms with Crippen molar-refractivity contribution >= 4 is 61.5 Å². The van der Waals surface area contributed by atoms with Gasteiger partial charge in [0.15, 0.2) is 0 Å². The molecule has 0 aliphatic heterocycles. The summed E-state index contributed by atoms with van der Waals surface area (Å²) in [6, 6.07) is 48.1. The topological polar surface area (TPSA) is 56.7 Å². The number of imidazole rings is 1. The smallest absolute Gasteiger partial charge is 0 e. The zero-order chi connectivity index (χ0) is 41.8. The van der Waals surface area contributed by atoms with Crippen molar-refractivity contribution in [3.8, 4) is 39.6 Å². The summed E-state index contributed by atoms with van der Waals surface area (Å²) in [4.78, 5) is 14.0. The van der Waals surface area contributed by atoms with Crippen molar-refractivity contribution in [2.24, 2.45) is 0 Å². The molecule has 0 saturated carbocycles. The first kappa shape index (κ1) is 35.4. The number of aromatic nitrogens is 4. The zero-order valence-corrected chi connectivity index (χ0v) is 36.1. The molecule has 0 fully saturated rings. The maximum atomic E-state index is 15.4. The van der Waals surface area contributed by atoms with Crippen LogP contribution in [-0.2, 0) is 20.1 Å². The molecule has 0 unspecified atom stereocenters. The van der Waals surface area contributed by atoms with E-state index in [1.807, 2.05) is 71.4 Å². The Bertz CT molecular complexity index is 3160. The van der Waals surface area contributed by atoms with E-state index in [-0.39, 0.29) is 31.7 Å². The van der Waals surface area contributed by atoms with Gasteiger partial charge in [0.2, 0.25) is 5.71 Å². The summed E-state index contributed by atoms with van der Waals surface area (Å²) < 4.78 is 61.4. The minimum Gasteiger partial charge on any atom is 0 e. The standard InChI is InChI=1S/C34H18F2N3O.C15H18GeN.Ir/c35-27-12-4-3-9-25(27)29-18-17-24-23-10-5-11-26(32(23)40-34(24)38-29)33-37-30-14-6-13-28(36)31(30)39(33)22-16-15-20-7-1-2-8-21(20)19-22;1-12-5-7-13(8-6-12)15-10-9-14(11-17-15)16(2,3)4;/h1-10,12-19H;5-7,9-11H,1-4H3;/q2*-1;/i;1D3;. The molecule has 0 atom stereocenters. The number of halogens is 2. The van der Waals surface area contributed by atoms with Crippen LogP contribution in [0.2, 0.25) is 17.3 Å². The Kier molecular flexibility index (Phi) is 9.67. The number of rotatable bonds is 5. The van der Waals surface area contributed by atoms with Gasteiger partial charge in [0.1, 0.15) is 11.6 Å². The molecule has 58 heavy (non-hydrogen) atoms. The van der Waals surface area contributed by atoms with E-state index in [0.717, 1.165) is 38.5 Å². The molecular formula is C49H36F2GeIrN4O-2. The molecule has 5 nitrogen and oxygen atoms in total. The van der Waals surface area contributed by atoms with Gasteiger partial charge in [0, 0.05) is 36.7 Å². The first-order valence-corrected chi connectivity index (χ1v) is 25.8. The van der Waals surface area contributed by atoms with Crippen molar-refractivity contribution in [2.45, 2.75) is 24.1 Å². The van der Waals surface area contributed by atoms with E-state index in [9.17, 15) is 4.39 Å². The van der Waals surface area contributed by atoms with Gasteiger partial charge >= 0.3 is 110 Å². The fourth-order valence-electron chi connectivity index (χ4n) is 7.01. The molecule has 0 aliphatic carbocycles. The van der Waals surface area contributed by atoms with Crippen LogP contribution in [0.1, 0.15) is 9.68 Å². The van der Waals surface area contributed by atoms with Crippen molar-refractivity contribution in [2.75, 3.05) is 0 Å². The third-order valence-electron chi connectivity index (χ3n) is 10.0. The van der Waals surface area contributed by atoms with Crippen molar-refractivity contribution < 1.29 is 37.4 Å². The van der Waals surface area contributed by atoms with Crippen LogP contribution in [-0.4, -0.2) is 32.8 Å². The number of aryl methyl sites for hydroxylation is 1. The second-order valence-electron chi connectivity index (χ2n) is 14.8. The monoisotopic (exact) mass is 1000 g/mol. The van der Waals surface area contributed by atoms with Gasteiger partial charge in [-0.3, -0.25) is 4.98 Å². The van der Waals surface area contributed by atoms with Crippen molar-refractivity contribution in [1.82, 2.24) is 19.5 Å². The maximum Gasteiger partial charge on any atom is 0 e. The molecule has 6 aromatic carbocycles. The molecule has 0 N–H and O–H groups in total. The van der Waals surface area contributed by atoms with E-state index in [2.05, 4.69) is 45.4 Å². The molecule has 0 aliphatic rings. The van der Waals surface area contributed by atoms with E-state index >= 15 is 4.39 Å². The summed E-state index contributed by atoms with van der Waals surface area (Å²) >= 11 is -1.83. The van der Waals surface area contributed by atoms with E-state index in [0.29, 0.717) is 50.5 Å². The molecule has 9 heteroatoms. The number of benzene rings is 6.